The molecule has 0 aromatic carbocycles. The lowest BCUT2D eigenvalue weighted by atomic mass is 10.0. The van der Waals surface area contributed by atoms with Crippen molar-refractivity contribution in [3.63, 3.8) is 0 Å². The summed E-state index contributed by atoms with van der Waals surface area (Å²) in [6, 6.07) is -0.138. The molecule has 0 aromatic rings. The number of hydrogen-bond acceptors (Lipinski definition) is 2. The highest BCUT2D eigenvalue weighted by atomic mass is 16.4. The maximum atomic E-state index is 11.6. The highest BCUT2D eigenvalue weighted by molar-refractivity contribution is 5.79. The Morgan fingerprint density at radius 1 is 1.47 bits per heavy atom. The summed E-state index contributed by atoms with van der Waals surface area (Å²) in [5, 5.41) is 11.5. The molecule has 94 valence electrons. The van der Waals surface area contributed by atoms with Crippen LogP contribution in [0, 0.1) is 5.92 Å². The van der Waals surface area contributed by atoms with Gasteiger partial charge in [0, 0.05) is 19.6 Å². The van der Waals surface area contributed by atoms with Gasteiger partial charge in [-0.15, -0.1) is 0 Å². The summed E-state index contributed by atoms with van der Waals surface area (Å²) >= 11 is 0. The van der Waals surface area contributed by atoms with Crippen LogP contribution in [0.4, 0.5) is 4.79 Å². The van der Waals surface area contributed by atoms with Gasteiger partial charge in [-0.1, -0.05) is 11.6 Å². The molecule has 0 radical (unpaired) electrons. The highest BCUT2D eigenvalue weighted by Gasteiger charge is 2.35. The molecule has 1 heterocycles. The van der Waals surface area contributed by atoms with E-state index in [1.807, 2.05) is 0 Å². The molecule has 1 fully saturated rings. The zero-order valence-corrected chi connectivity index (χ0v) is 9.82. The zero-order valence-electron chi connectivity index (χ0n) is 9.82. The molecule has 0 aromatic heterocycles. The van der Waals surface area contributed by atoms with Crippen LogP contribution in [-0.2, 0) is 4.79 Å². The molecule has 0 unspecified atom stereocenters. The fourth-order valence-electron chi connectivity index (χ4n) is 2.21. The Labute approximate surface area is 100 Å². The van der Waals surface area contributed by atoms with Crippen LogP contribution in [0.15, 0.2) is 11.6 Å². The Hall–Kier alpha value is -1.52. The first kappa shape index (κ1) is 12.0. The predicted octanol–water partition coefficient (Wildman–Crippen LogP) is 1.21. The van der Waals surface area contributed by atoms with E-state index in [0.29, 0.717) is 19.6 Å². The van der Waals surface area contributed by atoms with Gasteiger partial charge in [-0.3, -0.25) is 4.79 Å². The molecule has 0 spiro atoms. The molecule has 1 aliphatic heterocycles. The van der Waals surface area contributed by atoms with Crippen LogP contribution < -0.4 is 5.32 Å². The Morgan fingerprint density at radius 2 is 2.24 bits per heavy atom. The second-order valence-corrected chi connectivity index (χ2v) is 4.68. The fraction of sp³-hybridized carbons (Fsp3) is 0.667. The lowest BCUT2D eigenvalue weighted by molar-refractivity contribution is -0.146. The number of allylic oxidation sites excluding steroid dienone is 1. The second-order valence-electron chi connectivity index (χ2n) is 4.68. The minimum absolute atomic E-state index is 0.138. The largest absolute Gasteiger partial charge is 0.481 e. The van der Waals surface area contributed by atoms with Gasteiger partial charge >= 0.3 is 12.0 Å². The molecule has 1 aliphatic carbocycles. The summed E-state index contributed by atoms with van der Waals surface area (Å²) in [5.41, 5.74) is 1.43. The van der Waals surface area contributed by atoms with Crippen molar-refractivity contribution in [3.05, 3.63) is 11.6 Å². The Kier molecular flexibility index (Phi) is 3.66. The van der Waals surface area contributed by atoms with Gasteiger partial charge in [0.15, 0.2) is 0 Å². The number of likely N-dealkylation sites (tertiary alicyclic amines) is 1. The first-order valence-electron chi connectivity index (χ1n) is 6.10. The zero-order chi connectivity index (χ0) is 12.3. The quantitative estimate of drug-likeness (QED) is 0.723. The first-order chi connectivity index (χ1) is 8.16. The molecule has 0 saturated carbocycles. The minimum Gasteiger partial charge on any atom is -0.481 e. The van der Waals surface area contributed by atoms with E-state index in [4.69, 9.17) is 5.11 Å². The molecular formula is C12H18N2O3. The van der Waals surface area contributed by atoms with Crippen molar-refractivity contribution in [2.45, 2.75) is 25.7 Å². The monoisotopic (exact) mass is 238 g/mol. The van der Waals surface area contributed by atoms with E-state index in [1.165, 1.54) is 12.0 Å². The average Bonchev–Trinajstić information content (AvgIpc) is 2.67. The van der Waals surface area contributed by atoms with Gasteiger partial charge in [0.2, 0.25) is 0 Å². The minimum atomic E-state index is -0.815. The second kappa shape index (κ2) is 5.21. The van der Waals surface area contributed by atoms with Crippen LogP contribution in [0.3, 0.4) is 0 Å². The number of rotatable bonds is 4. The van der Waals surface area contributed by atoms with E-state index in [2.05, 4.69) is 11.4 Å². The number of urea groups is 1. The molecule has 5 nitrogen and oxygen atoms in total. The number of amides is 2. The van der Waals surface area contributed by atoms with Crippen molar-refractivity contribution < 1.29 is 14.7 Å². The Bertz CT molecular complexity index is 346. The molecule has 0 bridgehead atoms. The van der Waals surface area contributed by atoms with Crippen LogP contribution in [0.5, 0.6) is 0 Å². The lowest BCUT2D eigenvalue weighted by Gasteiger charge is -2.36. The first-order valence-corrected chi connectivity index (χ1v) is 6.10. The summed E-state index contributed by atoms with van der Waals surface area (Å²) in [7, 11) is 0. The number of nitrogens with zero attached hydrogens (tertiary/aromatic N) is 1. The van der Waals surface area contributed by atoms with Gasteiger partial charge in [-0.05, 0) is 25.7 Å². The van der Waals surface area contributed by atoms with Crippen LogP contribution in [0.1, 0.15) is 25.7 Å². The number of carbonyl (C=O) groups is 2. The molecule has 2 aliphatic rings. The molecule has 0 atom stereocenters. The summed E-state index contributed by atoms with van der Waals surface area (Å²) < 4.78 is 0. The van der Waals surface area contributed by atoms with Gasteiger partial charge in [0.1, 0.15) is 0 Å². The van der Waals surface area contributed by atoms with Crippen molar-refractivity contribution in [1.29, 1.82) is 0 Å². The van der Waals surface area contributed by atoms with Gasteiger partial charge in [0.25, 0.3) is 0 Å². The third-order valence-electron chi connectivity index (χ3n) is 3.38. The van der Waals surface area contributed by atoms with Crippen molar-refractivity contribution in [3.8, 4) is 0 Å². The lowest BCUT2D eigenvalue weighted by Crippen LogP contribution is -2.56. The summed E-state index contributed by atoms with van der Waals surface area (Å²) in [6.07, 6.45) is 6.71. The van der Waals surface area contributed by atoms with E-state index >= 15 is 0 Å². The molecule has 17 heavy (non-hydrogen) atoms. The molecule has 2 rings (SSSR count). The van der Waals surface area contributed by atoms with Crippen LogP contribution in [0.2, 0.25) is 0 Å². The van der Waals surface area contributed by atoms with Gasteiger partial charge in [0.05, 0.1) is 5.92 Å². The van der Waals surface area contributed by atoms with Gasteiger partial charge in [-0.25, -0.2) is 4.79 Å². The van der Waals surface area contributed by atoms with Crippen LogP contribution >= 0.6 is 0 Å². The summed E-state index contributed by atoms with van der Waals surface area (Å²) in [5.74, 6) is -1.19. The third-order valence-corrected chi connectivity index (χ3v) is 3.38. The SMILES string of the molecule is O=C(O)C1CN(C(=O)NCCC2=CCCC2)C1. The molecule has 1 saturated heterocycles. The highest BCUT2D eigenvalue weighted by Crippen LogP contribution is 2.20. The van der Waals surface area contributed by atoms with E-state index in [1.54, 1.807) is 4.90 Å². The van der Waals surface area contributed by atoms with Crippen molar-refractivity contribution >= 4 is 12.0 Å². The normalized spacial score (nSPS) is 19.8. The third kappa shape index (κ3) is 2.99. The van der Waals surface area contributed by atoms with E-state index in [9.17, 15) is 9.59 Å². The molecule has 2 N–H and O–H groups in total. The van der Waals surface area contributed by atoms with E-state index < -0.39 is 5.97 Å². The van der Waals surface area contributed by atoms with Crippen molar-refractivity contribution in [2.75, 3.05) is 19.6 Å². The topological polar surface area (TPSA) is 69.6 Å². The van der Waals surface area contributed by atoms with Crippen molar-refractivity contribution in [2.24, 2.45) is 5.92 Å². The maximum Gasteiger partial charge on any atom is 0.317 e. The van der Waals surface area contributed by atoms with Crippen LogP contribution in [0.25, 0.3) is 0 Å². The number of aliphatic carboxylic acids is 1. The fourth-order valence-corrected chi connectivity index (χ4v) is 2.21. The number of carboxylic acids is 1. The summed E-state index contributed by atoms with van der Waals surface area (Å²) in [6.45, 7) is 1.33. The predicted molar refractivity (Wildman–Crippen MR) is 62.6 cm³/mol. The van der Waals surface area contributed by atoms with E-state index in [-0.39, 0.29) is 11.9 Å². The standard InChI is InChI=1S/C12H18N2O3/c15-11(16)10-7-14(8-10)12(17)13-6-5-9-3-1-2-4-9/h3,10H,1-2,4-8H2,(H,13,17)(H,15,16). The van der Waals surface area contributed by atoms with Gasteiger partial charge in [-0.2, -0.15) is 0 Å². The Balaban J connectivity index is 1.60. The molecule has 2 amide bonds. The number of nitrogens with one attached hydrogen (secondary N) is 1. The Morgan fingerprint density at radius 3 is 2.82 bits per heavy atom. The average molecular weight is 238 g/mol. The smallest absolute Gasteiger partial charge is 0.317 e. The number of hydrogen-bond donors (Lipinski definition) is 2. The van der Waals surface area contributed by atoms with Gasteiger partial charge < -0.3 is 15.3 Å². The number of carboxylic acid groups (broad SMARTS) is 1. The molecular weight excluding hydrogens is 220 g/mol. The molecule has 5 heteroatoms. The maximum absolute atomic E-state index is 11.6. The van der Waals surface area contributed by atoms with E-state index in [0.717, 1.165) is 19.3 Å². The number of carbonyl (C=O) groups excluding carboxylic acids is 1. The van der Waals surface area contributed by atoms with Crippen LogP contribution in [-0.4, -0.2) is 41.6 Å². The summed E-state index contributed by atoms with van der Waals surface area (Å²) in [4.78, 5) is 23.7. The van der Waals surface area contributed by atoms with Crippen molar-refractivity contribution in [1.82, 2.24) is 10.2 Å².